The van der Waals surface area contributed by atoms with Crippen molar-refractivity contribution in [2.75, 3.05) is 23.8 Å². The summed E-state index contributed by atoms with van der Waals surface area (Å²) in [5.41, 5.74) is 3.10. The quantitative estimate of drug-likeness (QED) is 0.734. The molecule has 2 aliphatic rings. The number of rotatable bonds is 4. The molecule has 3 N–H and O–H groups in total. The second kappa shape index (κ2) is 3.74. The van der Waals surface area contributed by atoms with Crippen LogP contribution in [-0.2, 0) is 11.2 Å². The van der Waals surface area contributed by atoms with Gasteiger partial charge in [0.15, 0.2) is 0 Å². The number of hydrogen-bond donors (Lipinski definition) is 3. The minimum absolute atomic E-state index is 0.0613. The maximum Gasteiger partial charge on any atom is 0.228 e. The largest absolute Gasteiger partial charge is 0.396 e. The first-order valence-corrected chi connectivity index (χ1v) is 5.98. The molecule has 1 aromatic carbocycles. The Balaban J connectivity index is 1.69. The third-order valence-corrected chi connectivity index (χ3v) is 3.69. The molecule has 0 aromatic heterocycles. The van der Waals surface area contributed by atoms with E-state index in [9.17, 15) is 9.90 Å². The molecule has 0 spiro atoms. The number of carbonyl (C=O) groups is 1. The molecule has 0 bridgehead atoms. The number of amides is 1. The molecule has 17 heavy (non-hydrogen) atoms. The van der Waals surface area contributed by atoms with Crippen molar-refractivity contribution in [1.29, 1.82) is 0 Å². The first-order chi connectivity index (χ1) is 8.21. The Bertz CT molecular complexity index is 466. The number of benzene rings is 1. The predicted octanol–water partition coefficient (Wildman–Crippen LogP) is 1.37. The zero-order valence-corrected chi connectivity index (χ0v) is 9.62. The monoisotopic (exact) mass is 232 g/mol. The molecule has 0 saturated heterocycles. The Kier molecular flexibility index (Phi) is 2.33. The summed E-state index contributed by atoms with van der Waals surface area (Å²) in [6.45, 7) is 1.06. The van der Waals surface area contributed by atoms with Gasteiger partial charge < -0.3 is 15.7 Å². The van der Waals surface area contributed by atoms with Gasteiger partial charge in [-0.3, -0.25) is 4.79 Å². The highest BCUT2D eigenvalue weighted by molar-refractivity contribution is 5.99. The molecular formula is C13H16N2O2. The molecule has 0 atom stereocenters. The Morgan fingerprint density at radius 1 is 1.41 bits per heavy atom. The van der Waals surface area contributed by atoms with Gasteiger partial charge in [0.25, 0.3) is 0 Å². The maximum atomic E-state index is 11.2. The summed E-state index contributed by atoms with van der Waals surface area (Å²) < 4.78 is 0. The fourth-order valence-corrected chi connectivity index (χ4v) is 2.20. The van der Waals surface area contributed by atoms with Crippen molar-refractivity contribution in [2.45, 2.75) is 19.3 Å². The molecule has 3 rings (SSSR count). The fourth-order valence-electron chi connectivity index (χ4n) is 2.20. The van der Waals surface area contributed by atoms with Gasteiger partial charge in [0.1, 0.15) is 0 Å². The Morgan fingerprint density at radius 3 is 2.94 bits per heavy atom. The Labute approximate surface area is 100 Å². The van der Waals surface area contributed by atoms with Crippen LogP contribution in [-0.4, -0.2) is 24.2 Å². The highest BCUT2D eigenvalue weighted by atomic mass is 16.3. The van der Waals surface area contributed by atoms with E-state index < -0.39 is 0 Å². The molecule has 0 radical (unpaired) electrons. The SMILES string of the molecule is O=C1Cc2cc(NCC3(CO)CC3)ccc2N1. The molecule has 1 amide bonds. The van der Waals surface area contributed by atoms with E-state index >= 15 is 0 Å². The van der Waals surface area contributed by atoms with Gasteiger partial charge >= 0.3 is 0 Å². The van der Waals surface area contributed by atoms with Crippen molar-refractivity contribution in [3.05, 3.63) is 23.8 Å². The second-order valence-corrected chi connectivity index (χ2v) is 5.11. The number of fused-ring (bicyclic) bond motifs is 1. The number of aliphatic hydroxyl groups is 1. The summed E-state index contributed by atoms with van der Waals surface area (Å²) in [6, 6.07) is 5.92. The van der Waals surface area contributed by atoms with E-state index in [1.54, 1.807) is 0 Å². The lowest BCUT2D eigenvalue weighted by Gasteiger charge is -2.14. The van der Waals surface area contributed by atoms with Crippen LogP contribution < -0.4 is 10.6 Å². The second-order valence-electron chi connectivity index (χ2n) is 5.11. The van der Waals surface area contributed by atoms with Gasteiger partial charge in [-0.15, -0.1) is 0 Å². The summed E-state index contributed by atoms with van der Waals surface area (Å²) in [4.78, 5) is 11.2. The van der Waals surface area contributed by atoms with Gasteiger partial charge in [-0.2, -0.15) is 0 Å². The Morgan fingerprint density at radius 2 is 2.24 bits per heavy atom. The van der Waals surface area contributed by atoms with E-state index in [1.807, 2.05) is 18.2 Å². The van der Waals surface area contributed by atoms with E-state index in [-0.39, 0.29) is 17.9 Å². The smallest absolute Gasteiger partial charge is 0.228 e. The number of hydrogen-bond acceptors (Lipinski definition) is 3. The summed E-state index contributed by atoms with van der Waals surface area (Å²) in [7, 11) is 0. The van der Waals surface area contributed by atoms with Crippen LogP contribution in [0.25, 0.3) is 0 Å². The van der Waals surface area contributed by atoms with Crippen LogP contribution in [0, 0.1) is 5.41 Å². The third kappa shape index (κ3) is 2.00. The molecule has 1 heterocycles. The van der Waals surface area contributed by atoms with E-state index in [1.165, 1.54) is 0 Å². The van der Waals surface area contributed by atoms with Gasteiger partial charge in [-0.05, 0) is 36.6 Å². The molecule has 0 unspecified atom stereocenters. The van der Waals surface area contributed by atoms with Crippen LogP contribution in [0.15, 0.2) is 18.2 Å². The first kappa shape index (κ1) is 10.6. The minimum Gasteiger partial charge on any atom is -0.396 e. The van der Waals surface area contributed by atoms with Gasteiger partial charge in [-0.25, -0.2) is 0 Å². The molecule has 1 aliphatic carbocycles. The normalized spacial score (nSPS) is 19.7. The maximum absolute atomic E-state index is 11.2. The van der Waals surface area contributed by atoms with E-state index in [0.29, 0.717) is 6.42 Å². The van der Waals surface area contributed by atoms with Gasteiger partial charge in [0.05, 0.1) is 13.0 Å². The van der Waals surface area contributed by atoms with Crippen molar-refractivity contribution in [3.8, 4) is 0 Å². The topological polar surface area (TPSA) is 61.4 Å². The first-order valence-electron chi connectivity index (χ1n) is 5.98. The van der Waals surface area contributed by atoms with Crippen LogP contribution in [0.5, 0.6) is 0 Å². The molecule has 90 valence electrons. The third-order valence-electron chi connectivity index (χ3n) is 3.69. The predicted molar refractivity (Wildman–Crippen MR) is 66.0 cm³/mol. The van der Waals surface area contributed by atoms with E-state index in [2.05, 4.69) is 10.6 Å². The summed E-state index contributed by atoms with van der Waals surface area (Å²) in [6.07, 6.45) is 2.67. The fraction of sp³-hybridized carbons (Fsp3) is 0.462. The zero-order chi connectivity index (χ0) is 11.9. The molecule has 4 nitrogen and oxygen atoms in total. The average molecular weight is 232 g/mol. The number of nitrogens with one attached hydrogen (secondary N) is 2. The summed E-state index contributed by atoms with van der Waals surface area (Å²) in [5, 5.41) is 15.4. The van der Waals surface area contributed by atoms with Crippen LogP contribution in [0.2, 0.25) is 0 Å². The van der Waals surface area contributed by atoms with Crippen molar-refractivity contribution >= 4 is 17.3 Å². The molecule has 1 saturated carbocycles. The average Bonchev–Trinajstić information content (AvgIpc) is 3.01. The van der Waals surface area contributed by atoms with E-state index in [0.717, 1.165) is 36.3 Å². The van der Waals surface area contributed by atoms with Crippen LogP contribution in [0.3, 0.4) is 0 Å². The van der Waals surface area contributed by atoms with E-state index in [4.69, 9.17) is 0 Å². The summed E-state index contributed by atoms with van der Waals surface area (Å²) >= 11 is 0. The van der Waals surface area contributed by atoms with Crippen molar-refractivity contribution in [3.63, 3.8) is 0 Å². The Hall–Kier alpha value is -1.55. The van der Waals surface area contributed by atoms with Gasteiger partial charge in [0, 0.05) is 23.3 Å². The number of carbonyl (C=O) groups excluding carboxylic acids is 1. The lowest BCUT2D eigenvalue weighted by atomic mass is 10.1. The number of anilines is 2. The van der Waals surface area contributed by atoms with Crippen molar-refractivity contribution < 1.29 is 9.90 Å². The van der Waals surface area contributed by atoms with Crippen molar-refractivity contribution in [2.24, 2.45) is 5.41 Å². The number of aliphatic hydroxyl groups excluding tert-OH is 1. The van der Waals surface area contributed by atoms with Crippen molar-refractivity contribution in [1.82, 2.24) is 0 Å². The minimum atomic E-state index is 0.0613. The lowest BCUT2D eigenvalue weighted by Crippen LogP contribution is -2.18. The molecule has 1 fully saturated rings. The molecule has 1 aromatic rings. The molecule has 4 heteroatoms. The van der Waals surface area contributed by atoms with Gasteiger partial charge in [0.2, 0.25) is 5.91 Å². The highest BCUT2D eigenvalue weighted by Gasteiger charge is 2.41. The molecular weight excluding hydrogens is 216 g/mol. The van der Waals surface area contributed by atoms with Gasteiger partial charge in [-0.1, -0.05) is 0 Å². The molecule has 1 aliphatic heterocycles. The van der Waals surface area contributed by atoms with Crippen LogP contribution >= 0.6 is 0 Å². The summed E-state index contributed by atoms with van der Waals surface area (Å²) in [5.74, 6) is 0.0613. The highest BCUT2D eigenvalue weighted by Crippen LogP contribution is 2.45. The zero-order valence-electron chi connectivity index (χ0n) is 9.62. The standard InChI is InChI=1S/C13H16N2O2/c16-8-13(3-4-13)7-14-10-1-2-11-9(5-10)6-12(17)15-11/h1-2,5,14,16H,3-4,6-8H2,(H,15,17). The lowest BCUT2D eigenvalue weighted by molar-refractivity contribution is -0.115. The van der Waals surface area contributed by atoms with Crippen LogP contribution in [0.4, 0.5) is 11.4 Å². The van der Waals surface area contributed by atoms with Crippen LogP contribution in [0.1, 0.15) is 18.4 Å².